The summed E-state index contributed by atoms with van der Waals surface area (Å²) in [6.07, 6.45) is 0.974. The number of anilines is 1. The van der Waals surface area contributed by atoms with Crippen molar-refractivity contribution in [1.29, 1.82) is 5.26 Å². The summed E-state index contributed by atoms with van der Waals surface area (Å²) in [7, 11) is 0. The number of hydrogen-bond donors (Lipinski definition) is 1. The molecule has 0 saturated carbocycles. The Bertz CT molecular complexity index is 607. The Balaban J connectivity index is 2.91. The molecule has 7 nitrogen and oxygen atoms in total. The van der Waals surface area contributed by atoms with Gasteiger partial charge in [-0.05, 0) is 13.0 Å². The topological polar surface area (TPSA) is 105 Å². The van der Waals surface area contributed by atoms with E-state index in [2.05, 4.69) is 10.1 Å². The fraction of sp³-hybridized carbons (Fsp3) is 0.167. The number of nitrogens with zero attached hydrogens (tertiary/aromatic N) is 2. The smallest absolute Gasteiger partial charge is 0.350 e. The van der Waals surface area contributed by atoms with Crippen LogP contribution in [0.5, 0.6) is 0 Å². The monoisotopic (exact) mass is 279 g/mol. The molecular weight excluding hydrogens is 269 g/mol. The van der Waals surface area contributed by atoms with Crippen LogP contribution in [-0.4, -0.2) is 17.5 Å². The molecule has 0 aliphatic carbocycles. The van der Waals surface area contributed by atoms with Gasteiger partial charge in [-0.25, -0.2) is 9.18 Å². The quantitative estimate of drug-likeness (QED) is 0.291. The highest BCUT2D eigenvalue weighted by molar-refractivity contribution is 5.93. The number of nitro groups is 1. The number of rotatable bonds is 5. The average Bonchev–Trinajstić information content (AvgIpc) is 2.41. The zero-order valence-electron chi connectivity index (χ0n) is 10.4. The molecule has 0 fully saturated rings. The molecule has 0 amide bonds. The number of non-ortho nitro benzene ring substituents is 1. The lowest BCUT2D eigenvalue weighted by atomic mass is 10.2. The lowest BCUT2D eigenvalue weighted by Crippen LogP contribution is -2.08. The van der Waals surface area contributed by atoms with Crippen molar-refractivity contribution < 1.29 is 18.8 Å². The fourth-order valence-corrected chi connectivity index (χ4v) is 1.23. The predicted molar refractivity (Wildman–Crippen MR) is 67.0 cm³/mol. The lowest BCUT2D eigenvalue weighted by molar-refractivity contribution is -0.385. The van der Waals surface area contributed by atoms with Gasteiger partial charge in [0.2, 0.25) is 0 Å². The molecule has 0 heterocycles. The maximum atomic E-state index is 13.5. The molecule has 104 valence electrons. The molecule has 0 aromatic heterocycles. The van der Waals surface area contributed by atoms with Crippen molar-refractivity contribution >= 4 is 17.3 Å². The van der Waals surface area contributed by atoms with E-state index in [-0.39, 0.29) is 17.9 Å². The van der Waals surface area contributed by atoms with Crippen molar-refractivity contribution in [2.24, 2.45) is 0 Å². The summed E-state index contributed by atoms with van der Waals surface area (Å²) in [4.78, 5) is 21.0. The van der Waals surface area contributed by atoms with E-state index in [1.165, 1.54) is 0 Å². The maximum absolute atomic E-state index is 13.5. The molecule has 20 heavy (non-hydrogen) atoms. The SMILES string of the molecule is CCOC(=O)/C(C#N)=C/Nc1ccc([N+](=O)[O-])cc1F. The minimum absolute atomic E-state index is 0.101. The van der Waals surface area contributed by atoms with Gasteiger partial charge in [0.1, 0.15) is 6.07 Å². The Hall–Kier alpha value is -2.95. The molecule has 0 saturated heterocycles. The third-order valence-corrected chi connectivity index (χ3v) is 2.15. The minimum atomic E-state index is -0.878. The Labute approximate surface area is 113 Å². The van der Waals surface area contributed by atoms with E-state index in [4.69, 9.17) is 5.26 Å². The molecule has 0 bridgehead atoms. The summed E-state index contributed by atoms with van der Waals surface area (Å²) in [5.74, 6) is -1.72. The molecular formula is C12H10FN3O4. The normalized spacial score (nSPS) is 10.6. The maximum Gasteiger partial charge on any atom is 0.350 e. The molecule has 1 aromatic carbocycles. The number of nitro benzene ring substituents is 1. The number of carbonyl (C=O) groups is 1. The predicted octanol–water partition coefficient (Wildman–Crippen LogP) is 2.12. The van der Waals surface area contributed by atoms with Crippen molar-refractivity contribution in [3.05, 3.63) is 45.9 Å². The highest BCUT2D eigenvalue weighted by atomic mass is 19.1. The number of benzene rings is 1. The first kappa shape index (κ1) is 15.1. The summed E-state index contributed by atoms with van der Waals surface area (Å²) in [5.41, 5.74) is -0.847. The molecule has 0 radical (unpaired) electrons. The van der Waals surface area contributed by atoms with E-state index in [1.54, 1.807) is 13.0 Å². The summed E-state index contributed by atoms with van der Waals surface area (Å²) >= 11 is 0. The van der Waals surface area contributed by atoms with Crippen molar-refractivity contribution in [3.63, 3.8) is 0 Å². The largest absolute Gasteiger partial charge is 0.462 e. The van der Waals surface area contributed by atoms with Gasteiger partial charge >= 0.3 is 5.97 Å². The van der Waals surface area contributed by atoms with Crippen LogP contribution in [-0.2, 0) is 9.53 Å². The van der Waals surface area contributed by atoms with Gasteiger partial charge in [0, 0.05) is 12.3 Å². The molecule has 0 atom stereocenters. The number of nitriles is 1. The Morgan fingerprint density at radius 1 is 1.65 bits per heavy atom. The average molecular weight is 279 g/mol. The molecule has 1 rings (SSSR count). The van der Waals surface area contributed by atoms with Gasteiger partial charge in [-0.15, -0.1) is 0 Å². The summed E-state index contributed by atoms with van der Waals surface area (Å²) in [6, 6.07) is 4.55. The first-order chi connectivity index (χ1) is 9.49. The zero-order chi connectivity index (χ0) is 15.1. The van der Waals surface area contributed by atoms with Crippen LogP contribution >= 0.6 is 0 Å². The van der Waals surface area contributed by atoms with E-state index >= 15 is 0 Å². The van der Waals surface area contributed by atoms with Crippen LogP contribution in [0.1, 0.15) is 6.92 Å². The van der Waals surface area contributed by atoms with Crippen LogP contribution < -0.4 is 5.32 Å². The van der Waals surface area contributed by atoms with Crippen LogP contribution in [0.15, 0.2) is 30.0 Å². The number of nitrogens with one attached hydrogen (secondary N) is 1. The number of carbonyl (C=O) groups excluding carboxylic acids is 1. The van der Waals surface area contributed by atoms with E-state index in [0.29, 0.717) is 0 Å². The van der Waals surface area contributed by atoms with Gasteiger partial charge in [0.05, 0.1) is 23.3 Å². The third-order valence-electron chi connectivity index (χ3n) is 2.15. The van der Waals surface area contributed by atoms with E-state index in [9.17, 15) is 19.3 Å². The first-order valence-electron chi connectivity index (χ1n) is 5.47. The van der Waals surface area contributed by atoms with Crippen molar-refractivity contribution in [3.8, 4) is 6.07 Å². The second-order valence-corrected chi connectivity index (χ2v) is 3.46. The Kier molecular flexibility index (Phi) is 5.17. The third kappa shape index (κ3) is 3.78. The lowest BCUT2D eigenvalue weighted by Gasteiger charge is -2.04. The van der Waals surface area contributed by atoms with Gasteiger partial charge in [-0.1, -0.05) is 0 Å². The van der Waals surface area contributed by atoms with Crippen LogP contribution in [0.2, 0.25) is 0 Å². The molecule has 8 heteroatoms. The van der Waals surface area contributed by atoms with Crippen molar-refractivity contribution in [2.75, 3.05) is 11.9 Å². The second kappa shape index (κ2) is 6.84. The number of hydrogen-bond acceptors (Lipinski definition) is 6. The Morgan fingerprint density at radius 3 is 2.85 bits per heavy atom. The van der Waals surface area contributed by atoms with Crippen molar-refractivity contribution in [1.82, 2.24) is 0 Å². The van der Waals surface area contributed by atoms with E-state index in [1.807, 2.05) is 0 Å². The highest BCUT2D eigenvalue weighted by Gasteiger charge is 2.12. The van der Waals surface area contributed by atoms with Crippen LogP contribution in [0.3, 0.4) is 0 Å². The molecule has 0 aliphatic heterocycles. The van der Waals surface area contributed by atoms with E-state index < -0.39 is 22.4 Å². The summed E-state index contributed by atoms with van der Waals surface area (Å²) in [5, 5.41) is 21.6. The summed E-state index contributed by atoms with van der Waals surface area (Å²) in [6.45, 7) is 1.68. The first-order valence-corrected chi connectivity index (χ1v) is 5.47. The van der Waals surface area contributed by atoms with Crippen LogP contribution in [0.4, 0.5) is 15.8 Å². The Morgan fingerprint density at radius 2 is 2.35 bits per heavy atom. The second-order valence-electron chi connectivity index (χ2n) is 3.46. The fourth-order valence-electron chi connectivity index (χ4n) is 1.23. The van der Waals surface area contributed by atoms with Crippen LogP contribution in [0, 0.1) is 27.3 Å². The molecule has 0 aliphatic rings. The van der Waals surface area contributed by atoms with E-state index in [0.717, 1.165) is 24.4 Å². The van der Waals surface area contributed by atoms with Crippen LogP contribution in [0.25, 0.3) is 0 Å². The van der Waals surface area contributed by atoms with Crippen molar-refractivity contribution in [2.45, 2.75) is 6.92 Å². The van der Waals surface area contributed by atoms with Gasteiger partial charge in [0.15, 0.2) is 11.4 Å². The number of esters is 1. The molecule has 0 unspecified atom stereocenters. The van der Waals surface area contributed by atoms with Gasteiger partial charge < -0.3 is 10.1 Å². The minimum Gasteiger partial charge on any atom is -0.462 e. The van der Waals surface area contributed by atoms with Gasteiger partial charge in [-0.2, -0.15) is 5.26 Å². The molecule has 0 spiro atoms. The summed E-state index contributed by atoms with van der Waals surface area (Å²) < 4.78 is 18.1. The molecule has 1 aromatic rings. The highest BCUT2D eigenvalue weighted by Crippen LogP contribution is 2.20. The number of halogens is 1. The standard InChI is InChI=1S/C12H10FN3O4/c1-2-20-12(17)8(6-14)7-15-11-4-3-9(16(18)19)5-10(11)13/h3-5,7,15H,2H2,1H3/b8-7+. The van der Waals surface area contributed by atoms with Gasteiger partial charge in [-0.3, -0.25) is 10.1 Å². The zero-order valence-corrected chi connectivity index (χ0v) is 10.4. The van der Waals surface area contributed by atoms with Gasteiger partial charge in [0.25, 0.3) is 5.69 Å². The molecule has 1 N–H and O–H groups in total. The number of ether oxygens (including phenoxy) is 1.